The lowest BCUT2D eigenvalue weighted by atomic mass is 9.76. The Balaban J connectivity index is 1.05. The average molecular weight is 1510 g/mol. The van der Waals surface area contributed by atoms with Crippen LogP contribution >= 0.6 is 0 Å². The van der Waals surface area contributed by atoms with Gasteiger partial charge in [0.1, 0.15) is 36.3 Å². The van der Waals surface area contributed by atoms with E-state index < -0.39 is 82.0 Å². The highest BCUT2D eigenvalue weighted by Gasteiger charge is 2.52. The molecule has 30 nitrogen and oxygen atoms in total. The first-order chi connectivity index (χ1) is 51.1. The van der Waals surface area contributed by atoms with E-state index in [4.69, 9.17) is 45.9 Å². The van der Waals surface area contributed by atoms with Gasteiger partial charge in [0.15, 0.2) is 23.8 Å². The molecule has 2 fully saturated rings. The fourth-order valence-corrected chi connectivity index (χ4v) is 17.2. The highest BCUT2D eigenvalue weighted by molar-refractivity contribution is 5.96. The summed E-state index contributed by atoms with van der Waals surface area (Å²) in [6.07, 6.45) is 13.5. The predicted molar refractivity (Wildman–Crippen MR) is 426 cm³/mol. The number of rotatable bonds is 43. The lowest BCUT2D eigenvalue weighted by Crippen LogP contribution is -2.69. The number of hydrogen-bond donors (Lipinski definition) is 16. The third-order valence-electron chi connectivity index (χ3n) is 21.8. The van der Waals surface area contributed by atoms with Crippen molar-refractivity contribution in [3.8, 4) is 0 Å². The zero-order valence-electron chi connectivity index (χ0n) is 66.2. The molecule has 2 aromatic carbocycles. The number of nitrogens with one attached hydrogen (secondary N) is 8. The number of fused-ring (bicyclic) bond motifs is 2. The van der Waals surface area contributed by atoms with Gasteiger partial charge < -0.3 is 98.2 Å². The number of carbonyl (C=O) groups excluding carboxylic acids is 8. The molecule has 6 atom stereocenters. The van der Waals surface area contributed by atoms with E-state index in [1.165, 1.54) is 0 Å². The molecular formula is C78H132N22O8. The van der Waals surface area contributed by atoms with Gasteiger partial charge in [-0.05, 0) is 219 Å². The molecule has 2 heterocycles. The summed E-state index contributed by atoms with van der Waals surface area (Å²) in [5.41, 5.74) is 47.3. The predicted octanol–water partition coefficient (Wildman–Crippen LogP) is 2.38. The molecule has 2 saturated heterocycles. The number of hydrogen-bond acceptors (Lipinski definition) is 14. The maximum Gasteiger partial charge on any atom is 0.246 e. The summed E-state index contributed by atoms with van der Waals surface area (Å²) in [4.78, 5) is 138. The quantitative estimate of drug-likeness (QED) is 0.0257. The number of benzene rings is 2. The molecule has 108 heavy (non-hydrogen) atoms. The molecule has 8 amide bonds. The largest absolute Gasteiger partial charge is 0.370 e. The third-order valence-corrected chi connectivity index (χ3v) is 21.8. The fraction of sp³-hybridized carbons (Fsp3) is 0.692. The van der Waals surface area contributed by atoms with Crippen molar-refractivity contribution in [2.75, 3.05) is 40.3 Å². The summed E-state index contributed by atoms with van der Waals surface area (Å²) < 4.78 is 0. The van der Waals surface area contributed by atoms with Gasteiger partial charge in [-0.3, -0.25) is 58.3 Å². The first-order valence-corrected chi connectivity index (χ1v) is 39.2. The van der Waals surface area contributed by atoms with Crippen molar-refractivity contribution in [3.63, 3.8) is 0 Å². The summed E-state index contributed by atoms with van der Waals surface area (Å²) in [6, 6.07) is 9.95. The zero-order chi connectivity index (χ0) is 79.5. The standard InChI is InChI=1S/C78H132N22O8/c1-75(2)45-55(87-9)46-76(3,4)99(75)69(107)59(33-25-39-91-73(83)84)95-67(105)63(53-41-49-27-19-20-28-50(49)42-53)97-65(103)57(31-23-37-89-71(79)80)93-61(101)35-17-15-13-11-12-14-16-18-36-62(102)94-58(32-24-38-90-72(81)82)66(104)98-64(54-43-51-29-21-22-30-52(51)44-54)68(106)96-60(34-26-40-92-74(85)86)70(108)100-77(5,6)47-56(88-10)48-78(100,7)8/h19-22,27-30,53-60,63-64,87-88H,11-18,23-26,31-48H2,1-10H3,(H,93,101)(H,94,102)(H,95,105)(H,96,106)(H,97,103)(H,98,104)(H4,79,80,89)(H4,81,82,90)(H4,83,84,91)(H4,85,86,92)/t57-,58-,59+,60+,63+,64+/m1/s1. The number of nitrogens with two attached hydrogens (primary N) is 8. The minimum Gasteiger partial charge on any atom is -0.370 e. The fourth-order valence-electron chi connectivity index (χ4n) is 17.2. The minimum atomic E-state index is -1.09. The van der Waals surface area contributed by atoms with Crippen LogP contribution in [-0.4, -0.2) is 192 Å². The van der Waals surface area contributed by atoms with Crippen molar-refractivity contribution in [3.05, 3.63) is 70.8 Å². The van der Waals surface area contributed by atoms with E-state index in [2.05, 4.69) is 62.5 Å². The molecule has 602 valence electrons. The zero-order valence-corrected chi connectivity index (χ0v) is 66.2. The van der Waals surface area contributed by atoms with Gasteiger partial charge in [0.25, 0.3) is 0 Å². The van der Waals surface area contributed by atoms with Crippen molar-refractivity contribution in [1.82, 2.24) is 52.3 Å². The highest BCUT2D eigenvalue weighted by Crippen LogP contribution is 2.41. The van der Waals surface area contributed by atoms with E-state index in [9.17, 15) is 19.2 Å². The highest BCUT2D eigenvalue weighted by atomic mass is 16.2. The van der Waals surface area contributed by atoms with Crippen LogP contribution in [0.15, 0.2) is 68.5 Å². The van der Waals surface area contributed by atoms with Gasteiger partial charge in [-0.15, -0.1) is 0 Å². The van der Waals surface area contributed by atoms with Gasteiger partial charge in [-0.2, -0.15) is 0 Å². The number of aliphatic imine (C=N–C) groups is 4. The Morgan fingerprint density at radius 3 is 0.889 bits per heavy atom. The summed E-state index contributed by atoms with van der Waals surface area (Å²) in [5, 5.41) is 25.1. The summed E-state index contributed by atoms with van der Waals surface area (Å²) >= 11 is 0. The van der Waals surface area contributed by atoms with Gasteiger partial charge in [0.2, 0.25) is 47.3 Å². The van der Waals surface area contributed by atoms with E-state index in [0.717, 1.165) is 60.8 Å². The second-order valence-electron chi connectivity index (χ2n) is 32.7. The number of unbranched alkanes of at least 4 members (excludes halogenated alkanes) is 7. The first-order valence-electron chi connectivity index (χ1n) is 39.2. The van der Waals surface area contributed by atoms with Gasteiger partial charge >= 0.3 is 0 Å². The van der Waals surface area contributed by atoms with Crippen LogP contribution in [0.3, 0.4) is 0 Å². The monoisotopic (exact) mass is 1510 g/mol. The smallest absolute Gasteiger partial charge is 0.246 e. The van der Waals surface area contributed by atoms with Crippen molar-refractivity contribution in [1.29, 1.82) is 0 Å². The number of guanidine groups is 4. The van der Waals surface area contributed by atoms with E-state index >= 15 is 19.2 Å². The first kappa shape index (κ1) is 88.1. The van der Waals surface area contributed by atoms with Crippen LogP contribution in [0.4, 0.5) is 0 Å². The maximum atomic E-state index is 15.1. The topological polar surface area (TPSA) is 497 Å². The Morgan fingerprint density at radius 2 is 0.630 bits per heavy atom. The molecule has 0 spiro atoms. The number of piperidine rings is 2. The number of nitrogens with zero attached hydrogens (tertiary/aromatic N) is 6. The lowest BCUT2D eigenvalue weighted by molar-refractivity contribution is -0.155. The van der Waals surface area contributed by atoms with Crippen LogP contribution in [0, 0.1) is 11.8 Å². The van der Waals surface area contributed by atoms with E-state index in [1.807, 2.05) is 128 Å². The minimum absolute atomic E-state index is 0.0815. The van der Waals surface area contributed by atoms with Crippen molar-refractivity contribution in [2.45, 2.75) is 293 Å². The number of likely N-dealkylation sites (tertiary alicyclic amines) is 2. The molecule has 0 saturated carbocycles. The number of amides is 8. The molecule has 24 N–H and O–H groups in total. The molecule has 0 bridgehead atoms. The average Bonchev–Trinajstić information content (AvgIpc) is 0.841. The van der Waals surface area contributed by atoms with Gasteiger partial charge in [0.05, 0.1) is 0 Å². The van der Waals surface area contributed by atoms with Crippen LogP contribution in [0.5, 0.6) is 0 Å². The Labute approximate surface area is 640 Å². The molecule has 2 aliphatic carbocycles. The van der Waals surface area contributed by atoms with E-state index in [-0.39, 0.29) is 136 Å². The lowest BCUT2D eigenvalue weighted by Gasteiger charge is -2.56. The molecule has 0 aromatic heterocycles. The second kappa shape index (κ2) is 41.7. The van der Waals surface area contributed by atoms with Gasteiger partial charge in [-0.25, -0.2) is 0 Å². The van der Waals surface area contributed by atoms with Crippen LogP contribution in [-0.2, 0) is 64.0 Å². The van der Waals surface area contributed by atoms with Crippen molar-refractivity contribution >= 4 is 71.1 Å². The molecule has 30 heteroatoms. The number of carbonyl (C=O) groups is 8. The van der Waals surface area contributed by atoms with Crippen LogP contribution in [0.1, 0.15) is 219 Å². The Hall–Kier alpha value is -8.80. The van der Waals surface area contributed by atoms with E-state index in [1.54, 1.807) is 0 Å². The van der Waals surface area contributed by atoms with Gasteiger partial charge in [0, 0.05) is 73.3 Å². The molecular weight excluding hydrogens is 1370 g/mol. The SMILES string of the molecule is CNC1CC(C)(C)N(C(=O)[C@H](CCCN=C(N)N)NC(=O)[C@@H](NC(=O)[C@@H](CCCN=C(N)N)NC(=O)CCCCCCCCCCC(=O)N[C@H](CCCN=C(N)N)C(=O)N[C@H](C(=O)N[C@@H](CCCN=C(N)N)C(=O)N2C(C)(C)CC(NC)CC2(C)C)C2Cc3ccccc3C2)C2Cc3ccccc3C2)C(C)(C)C1. The molecule has 4 aliphatic rings. The molecule has 2 aromatic rings. The van der Waals surface area contributed by atoms with Gasteiger partial charge in [-0.1, -0.05) is 87.1 Å². The second-order valence-corrected chi connectivity index (χ2v) is 32.7. The summed E-state index contributed by atoms with van der Waals surface area (Å²) in [7, 11) is 3.84. The van der Waals surface area contributed by atoms with Crippen LogP contribution in [0.2, 0.25) is 0 Å². The molecule has 2 aliphatic heterocycles. The Bertz CT molecular complexity index is 3140. The van der Waals surface area contributed by atoms with Crippen molar-refractivity contribution in [2.24, 2.45) is 77.7 Å². The third kappa shape index (κ3) is 27.1. The summed E-state index contributed by atoms with van der Waals surface area (Å²) in [5.74, 6) is -4.37. The normalized spacial score (nSPS) is 18.2. The Kier molecular flexibility index (Phi) is 34.0. The van der Waals surface area contributed by atoms with E-state index in [0.29, 0.717) is 89.9 Å². The molecule has 6 rings (SSSR count). The molecule has 0 radical (unpaired) electrons. The van der Waals surface area contributed by atoms with Crippen LogP contribution < -0.4 is 88.4 Å². The van der Waals surface area contributed by atoms with Crippen molar-refractivity contribution < 1.29 is 38.4 Å². The molecule has 0 unspecified atom stereocenters. The Morgan fingerprint density at radius 1 is 0.370 bits per heavy atom. The summed E-state index contributed by atoms with van der Waals surface area (Å²) in [6.45, 7) is 17.2. The maximum absolute atomic E-state index is 15.1. The van der Waals surface area contributed by atoms with Crippen LogP contribution in [0.25, 0.3) is 0 Å².